The number of ether oxygens (including phenoxy) is 1. The number of hydrogen-bond acceptors (Lipinski definition) is 3. The van der Waals surface area contributed by atoms with Crippen LogP contribution in [0.4, 0.5) is 0 Å². The Hall–Kier alpha value is -2.82. The molecule has 1 atom stereocenters. The van der Waals surface area contributed by atoms with Crippen molar-refractivity contribution in [3.05, 3.63) is 65.7 Å². The number of benzene rings is 2. The van der Waals surface area contributed by atoms with Gasteiger partial charge in [-0.3, -0.25) is 9.59 Å². The first-order chi connectivity index (χ1) is 13.1. The van der Waals surface area contributed by atoms with Crippen molar-refractivity contribution in [2.75, 3.05) is 26.2 Å². The Morgan fingerprint density at radius 2 is 1.89 bits per heavy atom. The SMILES string of the molecule is Cc1ccc(OCC(=O)NCC2CC(=O)N(CCc3ccccc3)C2)cc1. The molecule has 0 spiro atoms. The minimum Gasteiger partial charge on any atom is -0.484 e. The van der Waals surface area contributed by atoms with Crippen molar-refractivity contribution in [2.24, 2.45) is 5.92 Å². The number of carbonyl (C=O) groups is 2. The number of carbonyl (C=O) groups excluding carboxylic acids is 2. The lowest BCUT2D eigenvalue weighted by molar-refractivity contribution is -0.128. The maximum absolute atomic E-state index is 12.2. The van der Waals surface area contributed by atoms with Crippen LogP contribution in [0.3, 0.4) is 0 Å². The van der Waals surface area contributed by atoms with Gasteiger partial charge in [0.1, 0.15) is 5.75 Å². The Balaban J connectivity index is 1.36. The standard InChI is InChI=1S/C22H26N2O3/c1-17-7-9-20(10-8-17)27-16-21(25)23-14-19-13-22(26)24(15-19)12-11-18-5-3-2-4-6-18/h2-10,19H,11-16H2,1H3,(H,23,25). The topological polar surface area (TPSA) is 58.6 Å². The fourth-order valence-electron chi connectivity index (χ4n) is 3.21. The molecule has 0 saturated carbocycles. The Bertz CT molecular complexity index is 759. The second-order valence-corrected chi connectivity index (χ2v) is 7.05. The Morgan fingerprint density at radius 3 is 2.63 bits per heavy atom. The van der Waals surface area contributed by atoms with Crippen molar-refractivity contribution in [1.82, 2.24) is 10.2 Å². The average molecular weight is 366 g/mol. The molecule has 1 aliphatic heterocycles. The molecule has 1 heterocycles. The van der Waals surface area contributed by atoms with Gasteiger partial charge < -0.3 is 15.0 Å². The monoisotopic (exact) mass is 366 g/mol. The molecule has 1 fully saturated rings. The maximum atomic E-state index is 12.2. The van der Waals surface area contributed by atoms with Crippen LogP contribution in [0.25, 0.3) is 0 Å². The van der Waals surface area contributed by atoms with E-state index in [2.05, 4.69) is 17.4 Å². The van der Waals surface area contributed by atoms with Crippen molar-refractivity contribution in [3.63, 3.8) is 0 Å². The predicted octanol–water partition coefficient (Wildman–Crippen LogP) is 2.58. The summed E-state index contributed by atoms with van der Waals surface area (Å²) in [5.41, 5.74) is 2.38. The van der Waals surface area contributed by atoms with Crippen LogP contribution in [0.15, 0.2) is 54.6 Å². The number of hydrogen-bond donors (Lipinski definition) is 1. The van der Waals surface area contributed by atoms with E-state index in [9.17, 15) is 9.59 Å². The highest BCUT2D eigenvalue weighted by Gasteiger charge is 2.29. The van der Waals surface area contributed by atoms with Crippen LogP contribution in [-0.2, 0) is 16.0 Å². The molecule has 2 aromatic carbocycles. The van der Waals surface area contributed by atoms with Crippen molar-refractivity contribution in [2.45, 2.75) is 19.8 Å². The van der Waals surface area contributed by atoms with Crippen LogP contribution >= 0.6 is 0 Å². The molecule has 2 aromatic rings. The van der Waals surface area contributed by atoms with Crippen LogP contribution in [0.5, 0.6) is 5.75 Å². The Labute approximate surface area is 160 Å². The van der Waals surface area contributed by atoms with Gasteiger partial charge in [0.05, 0.1) is 0 Å². The van der Waals surface area contributed by atoms with Crippen LogP contribution in [0.1, 0.15) is 17.5 Å². The van der Waals surface area contributed by atoms with Crippen molar-refractivity contribution in [3.8, 4) is 5.75 Å². The average Bonchev–Trinajstić information content (AvgIpc) is 3.05. The van der Waals surface area contributed by atoms with Gasteiger partial charge in [0.25, 0.3) is 5.91 Å². The molecule has 1 N–H and O–H groups in total. The summed E-state index contributed by atoms with van der Waals surface area (Å²) in [7, 11) is 0. The van der Waals surface area contributed by atoms with E-state index >= 15 is 0 Å². The van der Waals surface area contributed by atoms with Crippen LogP contribution in [-0.4, -0.2) is 43.0 Å². The zero-order valence-electron chi connectivity index (χ0n) is 15.7. The third-order valence-corrected chi connectivity index (χ3v) is 4.79. The predicted molar refractivity (Wildman–Crippen MR) is 105 cm³/mol. The third kappa shape index (κ3) is 5.84. The molecule has 142 valence electrons. The molecule has 27 heavy (non-hydrogen) atoms. The van der Waals surface area contributed by atoms with Gasteiger partial charge in [0.2, 0.25) is 5.91 Å². The van der Waals surface area contributed by atoms with Gasteiger partial charge in [0, 0.05) is 32.0 Å². The lowest BCUT2D eigenvalue weighted by atomic mass is 10.1. The first kappa shape index (κ1) is 19.0. The summed E-state index contributed by atoms with van der Waals surface area (Å²) in [6.45, 7) is 3.92. The largest absolute Gasteiger partial charge is 0.484 e. The van der Waals surface area contributed by atoms with E-state index in [0.717, 1.165) is 18.5 Å². The zero-order chi connectivity index (χ0) is 19.1. The summed E-state index contributed by atoms with van der Waals surface area (Å²) in [5, 5.41) is 2.88. The molecule has 1 saturated heterocycles. The van der Waals surface area contributed by atoms with Gasteiger partial charge in [-0.25, -0.2) is 0 Å². The minimum atomic E-state index is -0.161. The first-order valence-electron chi connectivity index (χ1n) is 9.38. The number of amides is 2. The summed E-state index contributed by atoms with van der Waals surface area (Å²) in [4.78, 5) is 26.1. The molecule has 1 unspecified atom stereocenters. The highest BCUT2D eigenvalue weighted by molar-refractivity contribution is 5.79. The fourth-order valence-corrected chi connectivity index (χ4v) is 3.21. The summed E-state index contributed by atoms with van der Waals surface area (Å²) in [6.07, 6.45) is 1.35. The molecule has 3 rings (SSSR count). The van der Waals surface area contributed by atoms with Gasteiger partial charge >= 0.3 is 0 Å². The molecule has 5 heteroatoms. The third-order valence-electron chi connectivity index (χ3n) is 4.79. The van der Waals surface area contributed by atoms with Crippen molar-refractivity contribution in [1.29, 1.82) is 0 Å². The van der Waals surface area contributed by atoms with E-state index in [0.29, 0.717) is 25.3 Å². The highest BCUT2D eigenvalue weighted by Crippen LogP contribution is 2.17. The van der Waals surface area contributed by atoms with Gasteiger partial charge in [-0.2, -0.15) is 0 Å². The van der Waals surface area contributed by atoms with Crippen LogP contribution in [0.2, 0.25) is 0 Å². The number of nitrogens with one attached hydrogen (secondary N) is 1. The summed E-state index contributed by atoms with van der Waals surface area (Å²) < 4.78 is 5.48. The van der Waals surface area contributed by atoms with Crippen molar-refractivity contribution < 1.29 is 14.3 Å². The molecule has 0 bridgehead atoms. The molecule has 2 amide bonds. The summed E-state index contributed by atoms with van der Waals surface area (Å²) in [6, 6.07) is 17.8. The van der Waals surface area contributed by atoms with Gasteiger partial charge in [0.15, 0.2) is 6.61 Å². The Morgan fingerprint density at radius 1 is 1.15 bits per heavy atom. The quantitative estimate of drug-likeness (QED) is 0.781. The minimum absolute atomic E-state index is 0.0125. The van der Waals surface area contributed by atoms with Crippen LogP contribution < -0.4 is 10.1 Å². The molecule has 5 nitrogen and oxygen atoms in total. The first-order valence-corrected chi connectivity index (χ1v) is 9.38. The molecular formula is C22H26N2O3. The number of nitrogens with zero attached hydrogens (tertiary/aromatic N) is 1. The molecule has 1 aliphatic rings. The van der Waals surface area contributed by atoms with Crippen molar-refractivity contribution >= 4 is 11.8 Å². The van der Waals surface area contributed by atoms with Crippen LogP contribution in [0, 0.1) is 12.8 Å². The highest BCUT2D eigenvalue weighted by atomic mass is 16.5. The second-order valence-electron chi connectivity index (χ2n) is 7.05. The van der Waals surface area contributed by atoms with Gasteiger partial charge in [-0.15, -0.1) is 0 Å². The van der Waals surface area contributed by atoms with E-state index in [1.54, 1.807) is 0 Å². The summed E-state index contributed by atoms with van der Waals surface area (Å²) in [5.74, 6) is 0.849. The lowest BCUT2D eigenvalue weighted by Crippen LogP contribution is -2.34. The lowest BCUT2D eigenvalue weighted by Gasteiger charge is -2.17. The molecule has 0 radical (unpaired) electrons. The Kier molecular flexibility index (Phi) is 6.47. The molecule has 0 aromatic heterocycles. The maximum Gasteiger partial charge on any atom is 0.257 e. The van der Waals surface area contributed by atoms with Gasteiger partial charge in [-0.1, -0.05) is 48.0 Å². The van der Waals surface area contributed by atoms with E-state index in [1.807, 2.05) is 54.3 Å². The van der Waals surface area contributed by atoms with E-state index in [1.165, 1.54) is 5.56 Å². The van der Waals surface area contributed by atoms with E-state index < -0.39 is 0 Å². The normalized spacial score (nSPS) is 16.4. The summed E-state index contributed by atoms with van der Waals surface area (Å²) >= 11 is 0. The second kappa shape index (κ2) is 9.21. The van der Waals surface area contributed by atoms with Gasteiger partial charge in [-0.05, 0) is 31.0 Å². The number of aryl methyl sites for hydroxylation is 1. The van der Waals surface area contributed by atoms with E-state index in [4.69, 9.17) is 4.74 Å². The van der Waals surface area contributed by atoms with E-state index in [-0.39, 0.29) is 24.3 Å². The zero-order valence-corrected chi connectivity index (χ0v) is 15.7. The molecule has 0 aliphatic carbocycles. The molecular weight excluding hydrogens is 340 g/mol. The smallest absolute Gasteiger partial charge is 0.257 e. The number of rotatable bonds is 8. The fraction of sp³-hybridized carbons (Fsp3) is 0.364. The number of likely N-dealkylation sites (tertiary alicyclic amines) is 1.